The quantitative estimate of drug-likeness (QED) is 0.344. The van der Waals surface area contributed by atoms with Gasteiger partial charge in [0.15, 0.2) is 5.17 Å². The minimum absolute atomic E-state index is 0.0269. The smallest absolute Gasteiger partial charge is 0.274 e. The Morgan fingerprint density at radius 1 is 0.829 bits per heavy atom. The average molecular weight is 498 g/mol. The van der Waals surface area contributed by atoms with E-state index in [0.717, 1.165) is 27.0 Å². The summed E-state index contributed by atoms with van der Waals surface area (Å²) in [6, 6.07) is 26.7. The molecule has 0 aromatic heterocycles. The SMILES string of the molecule is CN1/C(=C2\SC(=Nc3ccc(C4CCCCC4)cc3)N(c3ccccc3)C2=O)Sc2ccccc21. The van der Waals surface area contributed by atoms with Gasteiger partial charge in [-0.3, -0.25) is 9.69 Å². The van der Waals surface area contributed by atoms with Crippen molar-refractivity contribution < 1.29 is 4.79 Å². The number of hydrogen-bond donors (Lipinski definition) is 0. The summed E-state index contributed by atoms with van der Waals surface area (Å²) in [6.45, 7) is 0. The van der Waals surface area contributed by atoms with E-state index in [9.17, 15) is 4.79 Å². The van der Waals surface area contributed by atoms with Gasteiger partial charge in [0.2, 0.25) is 0 Å². The van der Waals surface area contributed by atoms with Gasteiger partial charge in [0.05, 0.1) is 22.1 Å². The Morgan fingerprint density at radius 2 is 1.54 bits per heavy atom. The first kappa shape index (κ1) is 22.5. The molecular weight excluding hydrogens is 470 g/mol. The van der Waals surface area contributed by atoms with Crippen LogP contribution in [0.25, 0.3) is 0 Å². The van der Waals surface area contributed by atoms with Gasteiger partial charge in [-0.15, -0.1) is 0 Å². The number of para-hydroxylation sites is 2. The van der Waals surface area contributed by atoms with E-state index in [0.29, 0.717) is 11.1 Å². The van der Waals surface area contributed by atoms with Crippen LogP contribution >= 0.6 is 23.5 Å². The second-order valence-electron chi connectivity index (χ2n) is 9.16. The first-order valence-electron chi connectivity index (χ1n) is 12.2. The van der Waals surface area contributed by atoms with E-state index in [1.54, 1.807) is 16.7 Å². The zero-order valence-corrected chi connectivity index (χ0v) is 21.3. The molecule has 6 rings (SSSR count). The van der Waals surface area contributed by atoms with Gasteiger partial charge in [-0.2, -0.15) is 0 Å². The predicted molar refractivity (Wildman–Crippen MR) is 149 cm³/mol. The molecule has 0 spiro atoms. The van der Waals surface area contributed by atoms with Crippen LogP contribution in [0.15, 0.2) is 98.7 Å². The van der Waals surface area contributed by atoms with E-state index in [4.69, 9.17) is 4.99 Å². The number of thioether (sulfide) groups is 2. The number of hydrogen-bond acceptors (Lipinski definition) is 5. The molecule has 3 aliphatic rings. The molecule has 6 heteroatoms. The molecule has 1 saturated carbocycles. The van der Waals surface area contributed by atoms with E-state index < -0.39 is 0 Å². The van der Waals surface area contributed by atoms with Crippen LogP contribution in [0.2, 0.25) is 0 Å². The molecule has 2 heterocycles. The van der Waals surface area contributed by atoms with Crippen molar-refractivity contribution in [2.75, 3.05) is 16.8 Å². The van der Waals surface area contributed by atoms with E-state index in [1.165, 1.54) is 54.3 Å². The molecule has 4 nitrogen and oxygen atoms in total. The lowest BCUT2D eigenvalue weighted by molar-refractivity contribution is -0.113. The van der Waals surface area contributed by atoms with Crippen LogP contribution in [0.1, 0.15) is 43.6 Å². The third-order valence-corrected chi connectivity index (χ3v) is 9.32. The third-order valence-electron chi connectivity index (χ3n) is 6.92. The van der Waals surface area contributed by atoms with Crippen molar-refractivity contribution in [2.45, 2.75) is 42.9 Å². The Bertz CT molecular complexity index is 1310. The number of rotatable bonds is 3. The third kappa shape index (κ3) is 4.30. The van der Waals surface area contributed by atoms with Gasteiger partial charge in [0.1, 0.15) is 4.91 Å². The van der Waals surface area contributed by atoms with Gasteiger partial charge in [-0.05, 0) is 72.5 Å². The topological polar surface area (TPSA) is 35.9 Å². The Hall–Kier alpha value is -2.96. The Balaban J connectivity index is 1.36. The molecule has 1 amide bonds. The minimum Gasteiger partial charge on any atom is -0.337 e. The van der Waals surface area contributed by atoms with Crippen LogP contribution in [0.5, 0.6) is 0 Å². The summed E-state index contributed by atoms with van der Waals surface area (Å²) in [7, 11) is 2.03. The van der Waals surface area contributed by atoms with E-state index in [2.05, 4.69) is 41.3 Å². The fourth-order valence-electron chi connectivity index (χ4n) is 5.05. The summed E-state index contributed by atoms with van der Waals surface area (Å²) in [4.78, 5) is 24.5. The molecule has 3 aromatic rings. The summed E-state index contributed by atoms with van der Waals surface area (Å²) in [5.74, 6) is 0.641. The number of fused-ring (bicyclic) bond motifs is 1. The van der Waals surface area contributed by atoms with Gasteiger partial charge in [0.25, 0.3) is 5.91 Å². The Kier molecular flexibility index (Phi) is 6.17. The zero-order chi connectivity index (χ0) is 23.8. The lowest BCUT2D eigenvalue weighted by Gasteiger charge is -2.22. The van der Waals surface area contributed by atoms with Crippen LogP contribution < -0.4 is 9.80 Å². The molecule has 2 fully saturated rings. The van der Waals surface area contributed by atoms with Crippen LogP contribution in [0.3, 0.4) is 0 Å². The van der Waals surface area contributed by atoms with Crippen molar-refractivity contribution in [2.24, 2.45) is 4.99 Å². The monoisotopic (exact) mass is 497 g/mol. The maximum atomic E-state index is 13.8. The number of amides is 1. The molecule has 0 atom stereocenters. The van der Waals surface area contributed by atoms with Crippen LogP contribution in [0.4, 0.5) is 17.1 Å². The van der Waals surface area contributed by atoms with Crippen molar-refractivity contribution in [1.82, 2.24) is 0 Å². The van der Waals surface area contributed by atoms with Crippen molar-refractivity contribution in [3.63, 3.8) is 0 Å². The molecule has 0 bridgehead atoms. The normalized spacial score (nSPS) is 21.7. The molecule has 0 unspecified atom stereocenters. The van der Waals surface area contributed by atoms with Crippen molar-refractivity contribution in [1.29, 1.82) is 0 Å². The van der Waals surface area contributed by atoms with Gasteiger partial charge in [-0.1, -0.05) is 73.5 Å². The predicted octanol–water partition coefficient (Wildman–Crippen LogP) is 7.91. The molecular formula is C29H27N3OS2. The molecule has 3 aromatic carbocycles. The maximum absolute atomic E-state index is 13.8. The number of anilines is 2. The van der Waals surface area contributed by atoms with Crippen molar-refractivity contribution in [3.05, 3.63) is 94.4 Å². The van der Waals surface area contributed by atoms with Crippen LogP contribution in [0, 0.1) is 0 Å². The number of aliphatic imine (C=N–C) groups is 1. The molecule has 1 saturated heterocycles. The number of amidine groups is 1. The van der Waals surface area contributed by atoms with E-state index in [-0.39, 0.29) is 5.91 Å². The lowest BCUT2D eigenvalue weighted by atomic mass is 9.84. The number of carbonyl (C=O) groups is 1. The summed E-state index contributed by atoms with van der Waals surface area (Å²) >= 11 is 3.11. The molecule has 0 radical (unpaired) electrons. The average Bonchev–Trinajstić information content (AvgIpc) is 3.41. The zero-order valence-electron chi connectivity index (χ0n) is 19.7. The summed E-state index contributed by atoms with van der Waals surface area (Å²) in [6.07, 6.45) is 6.58. The molecule has 0 N–H and O–H groups in total. The number of carbonyl (C=O) groups excluding carboxylic acids is 1. The van der Waals surface area contributed by atoms with Crippen molar-refractivity contribution >= 4 is 51.7 Å². The maximum Gasteiger partial charge on any atom is 0.274 e. The number of nitrogens with zero attached hydrogens (tertiary/aromatic N) is 3. The highest BCUT2D eigenvalue weighted by Crippen LogP contribution is 2.50. The number of benzene rings is 3. The standard InChI is InChI=1S/C29H27N3OS2/c1-31-24-14-8-9-15-25(24)34-28(31)26-27(33)32(23-12-6-3-7-13-23)29(35-26)30-22-18-16-21(17-19-22)20-10-4-2-5-11-20/h3,6-9,12-20H,2,4-5,10-11H2,1H3/b28-26+,30-29?. The Morgan fingerprint density at radius 3 is 2.29 bits per heavy atom. The lowest BCUT2D eigenvalue weighted by Crippen LogP contribution is -2.29. The Labute approximate surface area is 215 Å². The van der Waals surface area contributed by atoms with Crippen molar-refractivity contribution in [3.8, 4) is 0 Å². The van der Waals surface area contributed by atoms with Gasteiger partial charge in [0, 0.05) is 11.9 Å². The summed E-state index contributed by atoms with van der Waals surface area (Å²) in [5.41, 5.74) is 4.25. The molecule has 2 aliphatic heterocycles. The molecule has 176 valence electrons. The first-order valence-corrected chi connectivity index (χ1v) is 13.8. The highest BCUT2D eigenvalue weighted by Gasteiger charge is 2.40. The van der Waals surface area contributed by atoms with Crippen LogP contribution in [-0.4, -0.2) is 18.1 Å². The van der Waals surface area contributed by atoms with Gasteiger partial charge < -0.3 is 4.90 Å². The van der Waals surface area contributed by atoms with E-state index >= 15 is 0 Å². The summed E-state index contributed by atoms with van der Waals surface area (Å²) in [5, 5.41) is 1.65. The van der Waals surface area contributed by atoms with Crippen LogP contribution in [-0.2, 0) is 4.79 Å². The second kappa shape index (κ2) is 9.59. The highest BCUT2D eigenvalue weighted by molar-refractivity contribution is 8.20. The van der Waals surface area contributed by atoms with Gasteiger partial charge in [-0.25, -0.2) is 4.99 Å². The fraction of sp³-hybridized carbons (Fsp3) is 0.241. The minimum atomic E-state index is -0.0269. The molecule has 1 aliphatic carbocycles. The van der Waals surface area contributed by atoms with E-state index in [1.807, 2.05) is 49.5 Å². The van der Waals surface area contributed by atoms with Gasteiger partial charge >= 0.3 is 0 Å². The summed E-state index contributed by atoms with van der Waals surface area (Å²) < 4.78 is 0. The highest BCUT2D eigenvalue weighted by atomic mass is 32.2. The molecule has 35 heavy (non-hydrogen) atoms. The second-order valence-corrected chi connectivity index (χ2v) is 11.2. The largest absolute Gasteiger partial charge is 0.337 e. The first-order chi connectivity index (χ1) is 17.2. The fourth-order valence-corrected chi connectivity index (χ4v) is 7.40.